The van der Waals surface area contributed by atoms with Gasteiger partial charge in [0, 0.05) is 12.4 Å². The first-order valence-corrected chi connectivity index (χ1v) is 13.9. The monoisotopic (exact) mass is 594 g/mol. The SMILES string of the molecule is C#CCOC(=O)n1nc(NC(=O)c2ccccc2NC(=O)c2cc[nH]c2)c2cc(C(=O)NC(C)(C)c3ccccc3)sc21. The molecule has 5 rings (SSSR count). The molecule has 0 spiro atoms. The Kier molecular flexibility index (Phi) is 8.09. The van der Waals surface area contributed by atoms with Crippen LogP contribution in [0.2, 0.25) is 0 Å². The summed E-state index contributed by atoms with van der Waals surface area (Å²) in [5, 5.41) is 13.0. The Hall–Kier alpha value is -5.67. The number of anilines is 2. The van der Waals surface area contributed by atoms with Gasteiger partial charge in [0.05, 0.1) is 32.6 Å². The summed E-state index contributed by atoms with van der Waals surface area (Å²) in [5.74, 6) is 0.850. The fraction of sp³-hybridized carbons (Fsp3) is 0.129. The largest absolute Gasteiger partial charge is 0.437 e. The van der Waals surface area contributed by atoms with Gasteiger partial charge in [-0.05, 0) is 43.7 Å². The highest BCUT2D eigenvalue weighted by atomic mass is 32.1. The van der Waals surface area contributed by atoms with Crippen molar-refractivity contribution < 1.29 is 23.9 Å². The molecule has 0 aliphatic heterocycles. The molecule has 4 N–H and O–H groups in total. The quantitative estimate of drug-likeness (QED) is 0.181. The van der Waals surface area contributed by atoms with E-state index in [1.807, 2.05) is 44.2 Å². The van der Waals surface area contributed by atoms with Crippen molar-refractivity contribution in [2.45, 2.75) is 19.4 Å². The second-order valence-electron chi connectivity index (χ2n) is 9.85. The number of carbonyl (C=O) groups is 4. The van der Waals surface area contributed by atoms with Crippen molar-refractivity contribution in [2.75, 3.05) is 17.2 Å². The number of fused-ring (bicyclic) bond motifs is 1. The zero-order chi connectivity index (χ0) is 30.6. The topological polar surface area (TPSA) is 147 Å². The summed E-state index contributed by atoms with van der Waals surface area (Å²) in [4.78, 5) is 55.6. The van der Waals surface area contributed by atoms with Crippen LogP contribution in [-0.4, -0.2) is 45.2 Å². The molecule has 0 saturated carbocycles. The number of hydrogen-bond acceptors (Lipinski definition) is 7. The zero-order valence-electron chi connectivity index (χ0n) is 23.1. The number of ether oxygens (including phenoxy) is 1. The second kappa shape index (κ2) is 12.1. The van der Waals surface area contributed by atoms with E-state index in [1.165, 1.54) is 12.3 Å². The van der Waals surface area contributed by atoms with E-state index in [4.69, 9.17) is 11.2 Å². The molecule has 0 atom stereocenters. The summed E-state index contributed by atoms with van der Waals surface area (Å²) in [7, 11) is 0. The summed E-state index contributed by atoms with van der Waals surface area (Å²) in [6.07, 6.45) is 7.51. The van der Waals surface area contributed by atoms with Gasteiger partial charge in [-0.15, -0.1) is 22.9 Å². The molecule has 12 heteroatoms. The fourth-order valence-electron chi connectivity index (χ4n) is 4.30. The highest BCUT2D eigenvalue weighted by Gasteiger charge is 2.28. The Balaban J connectivity index is 1.46. The Bertz CT molecular complexity index is 1870. The number of thiophene rings is 1. The van der Waals surface area contributed by atoms with Crippen LogP contribution in [0.1, 0.15) is 49.8 Å². The van der Waals surface area contributed by atoms with Crippen LogP contribution < -0.4 is 16.0 Å². The van der Waals surface area contributed by atoms with Crippen molar-refractivity contribution in [3.63, 3.8) is 0 Å². The minimum atomic E-state index is -0.874. The molecule has 0 unspecified atom stereocenters. The molecule has 0 saturated heterocycles. The summed E-state index contributed by atoms with van der Waals surface area (Å²) >= 11 is 1.01. The summed E-state index contributed by atoms with van der Waals surface area (Å²) in [6.45, 7) is 3.47. The fourth-order valence-corrected chi connectivity index (χ4v) is 5.29. The van der Waals surface area contributed by atoms with Gasteiger partial charge in [-0.3, -0.25) is 14.4 Å². The smallest absolute Gasteiger partial charge is 0.435 e. The molecule has 2 aromatic carbocycles. The maximum absolute atomic E-state index is 13.4. The van der Waals surface area contributed by atoms with Gasteiger partial charge in [-0.25, -0.2) is 4.79 Å². The van der Waals surface area contributed by atoms with E-state index < -0.39 is 23.4 Å². The van der Waals surface area contributed by atoms with Gasteiger partial charge >= 0.3 is 6.09 Å². The van der Waals surface area contributed by atoms with E-state index in [0.29, 0.717) is 10.9 Å². The van der Waals surface area contributed by atoms with E-state index in [9.17, 15) is 19.2 Å². The van der Waals surface area contributed by atoms with E-state index >= 15 is 0 Å². The lowest BCUT2D eigenvalue weighted by atomic mass is 9.94. The van der Waals surface area contributed by atoms with Crippen LogP contribution in [-0.2, 0) is 10.3 Å². The van der Waals surface area contributed by atoms with Gasteiger partial charge in [0.1, 0.15) is 4.83 Å². The molecule has 11 nitrogen and oxygen atoms in total. The first-order valence-electron chi connectivity index (χ1n) is 13.0. The number of aromatic amines is 1. The predicted molar refractivity (Wildman–Crippen MR) is 163 cm³/mol. The van der Waals surface area contributed by atoms with Gasteiger partial charge in [-0.2, -0.15) is 4.68 Å². The summed E-state index contributed by atoms with van der Waals surface area (Å²) in [6, 6.07) is 19.1. The number of amides is 3. The van der Waals surface area contributed by atoms with Crippen molar-refractivity contribution >= 4 is 56.9 Å². The van der Waals surface area contributed by atoms with Crippen molar-refractivity contribution in [1.82, 2.24) is 20.1 Å². The van der Waals surface area contributed by atoms with Crippen LogP contribution in [0.5, 0.6) is 0 Å². The first-order chi connectivity index (χ1) is 20.7. The van der Waals surface area contributed by atoms with Crippen LogP contribution >= 0.6 is 11.3 Å². The molecule has 0 aliphatic carbocycles. The normalized spacial score (nSPS) is 11.0. The number of rotatable bonds is 8. The number of para-hydroxylation sites is 1. The lowest BCUT2D eigenvalue weighted by Gasteiger charge is -2.26. The molecule has 0 bridgehead atoms. The van der Waals surface area contributed by atoms with Crippen LogP contribution in [0.25, 0.3) is 10.2 Å². The summed E-state index contributed by atoms with van der Waals surface area (Å²) in [5.41, 5.74) is 1.02. The van der Waals surface area contributed by atoms with Crippen LogP contribution in [0.4, 0.5) is 16.3 Å². The van der Waals surface area contributed by atoms with E-state index in [-0.39, 0.29) is 39.3 Å². The number of terminal acetylenes is 1. The molecule has 0 fully saturated rings. The molecule has 5 aromatic rings. The third kappa shape index (κ3) is 6.17. The van der Waals surface area contributed by atoms with Gasteiger partial charge in [0.2, 0.25) is 0 Å². The zero-order valence-corrected chi connectivity index (χ0v) is 24.0. The number of hydrogen-bond donors (Lipinski definition) is 4. The van der Waals surface area contributed by atoms with Crippen molar-refractivity contribution in [1.29, 1.82) is 0 Å². The number of benzene rings is 2. The standard InChI is InChI=1S/C31H26N6O5S/c1-4-16-42-30(41)37-29-22(17-24(43-29)28(40)35-31(2,3)20-10-6-5-7-11-20)25(36-37)34-27(39)21-12-8-9-13-23(21)33-26(38)19-14-15-32-18-19/h1,5-15,17-18,32H,16H2,2-3H3,(H,33,38)(H,35,40)(H,34,36,39). The highest BCUT2D eigenvalue weighted by molar-refractivity contribution is 7.20. The third-order valence-corrected chi connectivity index (χ3v) is 7.58. The number of carbonyl (C=O) groups excluding carboxylic acids is 4. The van der Waals surface area contributed by atoms with Crippen LogP contribution in [0, 0.1) is 12.3 Å². The first kappa shape index (κ1) is 28.8. The van der Waals surface area contributed by atoms with Crippen molar-refractivity contribution in [3.05, 3.63) is 101 Å². The van der Waals surface area contributed by atoms with E-state index in [2.05, 4.69) is 32.0 Å². The highest BCUT2D eigenvalue weighted by Crippen LogP contribution is 2.33. The van der Waals surface area contributed by atoms with E-state index in [0.717, 1.165) is 21.6 Å². The lowest BCUT2D eigenvalue weighted by molar-refractivity contribution is 0.0915. The third-order valence-electron chi connectivity index (χ3n) is 6.47. The van der Waals surface area contributed by atoms with Crippen molar-refractivity contribution in [2.24, 2.45) is 0 Å². The second-order valence-corrected chi connectivity index (χ2v) is 10.9. The Morgan fingerprint density at radius 2 is 1.74 bits per heavy atom. The molecule has 0 radical (unpaired) electrons. The van der Waals surface area contributed by atoms with Gasteiger partial charge < -0.3 is 25.7 Å². The molecule has 216 valence electrons. The molecule has 0 aliphatic rings. The van der Waals surface area contributed by atoms with Crippen LogP contribution in [0.3, 0.4) is 0 Å². The lowest BCUT2D eigenvalue weighted by Crippen LogP contribution is -2.40. The Morgan fingerprint density at radius 1 is 1.00 bits per heavy atom. The minimum Gasteiger partial charge on any atom is -0.435 e. The number of nitrogens with one attached hydrogen (secondary N) is 4. The number of H-pyrrole nitrogens is 1. The maximum atomic E-state index is 13.4. The molecule has 43 heavy (non-hydrogen) atoms. The molecular weight excluding hydrogens is 568 g/mol. The molecule has 3 amide bonds. The number of nitrogens with zero attached hydrogens (tertiary/aromatic N) is 2. The van der Waals surface area contributed by atoms with Gasteiger partial charge in [-0.1, -0.05) is 48.4 Å². The van der Waals surface area contributed by atoms with E-state index in [1.54, 1.807) is 36.5 Å². The molecule has 3 aromatic heterocycles. The Labute approximate surface area is 250 Å². The average Bonchev–Trinajstić information content (AvgIpc) is 3.75. The van der Waals surface area contributed by atoms with Crippen molar-refractivity contribution in [3.8, 4) is 12.3 Å². The van der Waals surface area contributed by atoms with Gasteiger partial charge in [0.25, 0.3) is 17.7 Å². The predicted octanol–water partition coefficient (Wildman–Crippen LogP) is 5.21. The Morgan fingerprint density at radius 3 is 2.47 bits per heavy atom. The summed E-state index contributed by atoms with van der Waals surface area (Å²) < 4.78 is 6.01. The minimum absolute atomic E-state index is 0.0158. The maximum Gasteiger partial charge on any atom is 0.437 e. The molecule has 3 heterocycles. The van der Waals surface area contributed by atoms with Crippen LogP contribution in [0.15, 0.2) is 79.1 Å². The number of aromatic nitrogens is 3. The average molecular weight is 595 g/mol. The van der Waals surface area contributed by atoms with Gasteiger partial charge in [0.15, 0.2) is 12.4 Å². The molecular formula is C31H26N6O5S.